The monoisotopic (exact) mass is 463 g/mol. The summed E-state index contributed by atoms with van der Waals surface area (Å²) < 4.78 is 54.4. The van der Waals surface area contributed by atoms with Crippen molar-refractivity contribution in [2.45, 2.75) is 41.5 Å². The third-order valence-electron chi connectivity index (χ3n) is 5.44. The first-order valence-electron chi connectivity index (χ1n) is 10.3. The van der Waals surface area contributed by atoms with Gasteiger partial charge in [-0.05, 0) is 62.1 Å². The van der Waals surface area contributed by atoms with E-state index in [1.807, 2.05) is 6.07 Å². The van der Waals surface area contributed by atoms with E-state index >= 15 is 0 Å². The molecule has 166 valence electrons. The van der Waals surface area contributed by atoms with Crippen molar-refractivity contribution in [2.75, 3.05) is 25.0 Å². The van der Waals surface area contributed by atoms with Gasteiger partial charge in [0.05, 0.1) is 16.3 Å². The van der Waals surface area contributed by atoms with Crippen molar-refractivity contribution < 1.29 is 21.6 Å². The van der Waals surface area contributed by atoms with Crippen molar-refractivity contribution in [1.29, 1.82) is 0 Å². The molecule has 1 aliphatic heterocycles. The molecule has 31 heavy (non-hydrogen) atoms. The lowest BCUT2D eigenvalue weighted by Crippen LogP contribution is -2.39. The van der Waals surface area contributed by atoms with Crippen molar-refractivity contribution in [3.05, 3.63) is 54.6 Å². The molecule has 0 bridgehead atoms. The predicted octanol–water partition coefficient (Wildman–Crippen LogP) is 2.26. The second-order valence-corrected chi connectivity index (χ2v) is 11.6. The van der Waals surface area contributed by atoms with Crippen LogP contribution in [0.25, 0.3) is 0 Å². The van der Waals surface area contributed by atoms with Crippen LogP contribution >= 0.6 is 0 Å². The first kappa shape index (κ1) is 21.9. The third kappa shape index (κ3) is 4.82. The number of sulfonamides is 2. The summed E-state index contributed by atoms with van der Waals surface area (Å²) in [6.45, 7) is 0.665. The Morgan fingerprint density at radius 3 is 2.06 bits per heavy atom. The highest BCUT2D eigenvalue weighted by Gasteiger charge is 2.39. The van der Waals surface area contributed by atoms with E-state index in [9.17, 15) is 21.6 Å². The highest BCUT2D eigenvalue weighted by atomic mass is 32.2. The van der Waals surface area contributed by atoms with Crippen LogP contribution in [0.3, 0.4) is 0 Å². The Morgan fingerprint density at radius 2 is 1.48 bits per heavy atom. The van der Waals surface area contributed by atoms with Crippen LogP contribution in [0.2, 0.25) is 0 Å². The van der Waals surface area contributed by atoms with Crippen molar-refractivity contribution in [2.24, 2.45) is 0 Å². The Bertz CT molecular complexity index is 1140. The zero-order valence-corrected chi connectivity index (χ0v) is 18.6. The average molecular weight is 464 g/mol. The van der Waals surface area contributed by atoms with Gasteiger partial charge < -0.3 is 5.32 Å². The second kappa shape index (κ2) is 8.70. The van der Waals surface area contributed by atoms with E-state index in [2.05, 4.69) is 5.32 Å². The minimum Gasteiger partial charge on any atom is -0.325 e. The number of amides is 1. The van der Waals surface area contributed by atoms with Crippen molar-refractivity contribution in [3.63, 3.8) is 0 Å². The first-order chi connectivity index (χ1) is 14.8. The van der Waals surface area contributed by atoms with Crippen LogP contribution < -0.4 is 5.32 Å². The molecule has 2 aromatic carbocycles. The van der Waals surface area contributed by atoms with Crippen LogP contribution in [0.4, 0.5) is 5.69 Å². The second-order valence-electron chi connectivity index (χ2n) is 7.78. The van der Waals surface area contributed by atoms with Gasteiger partial charge >= 0.3 is 0 Å². The van der Waals surface area contributed by atoms with Gasteiger partial charge in [-0.1, -0.05) is 18.2 Å². The number of nitrogens with zero attached hydrogens (tertiary/aromatic N) is 2. The Balaban J connectivity index is 1.52. The topological polar surface area (TPSA) is 104 Å². The van der Waals surface area contributed by atoms with E-state index in [0.29, 0.717) is 31.6 Å². The SMILES string of the molecule is O=C(CN(C1CC1)S(=O)(=O)c1ccc(S(=O)(=O)N2CCCC2)cc1)Nc1ccccc1. The number of benzene rings is 2. The standard InChI is InChI=1S/C21H25N3O5S2/c25-21(22-17-6-2-1-3-7-17)16-24(18-8-9-18)31(28,29)20-12-10-19(11-13-20)30(26,27)23-14-4-5-15-23/h1-3,6-7,10-13,18H,4-5,8-9,14-16H2,(H,22,25). The lowest BCUT2D eigenvalue weighted by molar-refractivity contribution is -0.116. The van der Waals surface area contributed by atoms with Crippen molar-refractivity contribution >= 4 is 31.6 Å². The van der Waals surface area contributed by atoms with E-state index < -0.39 is 26.0 Å². The summed E-state index contributed by atoms with van der Waals surface area (Å²) in [5, 5.41) is 2.71. The number of hydrogen-bond donors (Lipinski definition) is 1. The van der Waals surface area contributed by atoms with Gasteiger partial charge in [0.1, 0.15) is 0 Å². The molecule has 8 nitrogen and oxygen atoms in total. The van der Waals surface area contributed by atoms with Crippen LogP contribution in [-0.4, -0.2) is 57.0 Å². The number of para-hydroxylation sites is 1. The number of carbonyl (C=O) groups is 1. The number of carbonyl (C=O) groups excluding carboxylic acids is 1. The fraction of sp³-hybridized carbons (Fsp3) is 0.381. The summed E-state index contributed by atoms with van der Waals surface area (Å²) in [5.41, 5.74) is 0.595. The smallest absolute Gasteiger partial charge is 0.243 e. The van der Waals surface area contributed by atoms with E-state index in [1.165, 1.54) is 32.9 Å². The molecule has 1 heterocycles. The summed E-state index contributed by atoms with van der Waals surface area (Å²) in [4.78, 5) is 12.5. The summed E-state index contributed by atoms with van der Waals surface area (Å²) in [6, 6.07) is 13.9. The van der Waals surface area contributed by atoms with Crippen LogP contribution in [0.5, 0.6) is 0 Å². The molecular weight excluding hydrogens is 438 g/mol. The number of rotatable bonds is 8. The molecule has 0 radical (unpaired) electrons. The number of anilines is 1. The average Bonchev–Trinajstić information content (AvgIpc) is 3.43. The summed E-state index contributed by atoms with van der Waals surface area (Å²) >= 11 is 0. The van der Waals surface area contributed by atoms with Crippen molar-refractivity contribution in [3.8, 4) is 0 Å². The van der Waals surface area contributed by atoms with Crippen LogP contribution in [0.1, 0.15) is 25.7 Å². The summed E-state index contributed by atoms with van der Waals surface area (Å²) in [5.74, 6) is -0.421. The molecule has 1 saturated carbocycles. The molecular formula is C21H25N3O5S2. The minimum absolute atomic E-state index is 0.0210. The fourth-order valence-electron chi connectivity index (χ4n) is 3.63. The molecule has 1 saturated heterocycles. The van der Waals surface area contributed by atoms with Gasteiger partial charge in [0.2, 0.25) is 26.0 Å². The molecule has 2 fully saturated rings. The van der Waals surface area contributed by atoms with Gasteiger partial charge in [0.25, 0.3) is 0 Å². The van der Waals surface area contributed by atoms with E-state index in [1.54, 1.807) is 24.3 Å². The lowest BCUT2D eigenvalue weighted by atomic mass is 10.3. The van der Waals surface area contributed by atoms with Crippen LogP contribution in [0.15, 0.2) is 64.4 Å². The highest BCUT2D eigenvalue weighted by Crippen LogP contribution is 2.32. The number of hydrogen-bond acceptors (Lipinski definition) is 5. The van der Waals surface area contributed by atoms with E-state index in [4.69, 9.17) is 0 Å². The molecule has 1 aliphatic carbocycles. The quantitative estimate of drug-likeness (QED) is 0.647. The summed E-state index contributed by atoms with van der Waals surface area (Å²) in [6.07, 6.45) is 3.04. The first-order valence-corrected chi connectivity index (χ1v) is 13.1. The largest absolute Gasteiger partial charge is 0.325 e. The van der Waals surface area contributed by atoms with Gasteiger partial charge in [-0.2, -0.15) is 8.61 Å². The molecule has 0 spiro atoms. The molecule has 2 aromatic rings. The van der Waals surface area contributed by atoms with Crippen LogP contribution in [-0.2, 0) is 24.8 Å². The molecule has 0 atom stereocenters. The Labute approximate surface area is 183 Å². The highest BCUT2D eigenvalue weighted by molar-refractivity contribution is 7.89. The molecule has 1 N–H and O–H groups in total. The van der Waals surface area contributed by atoms with Gasteiger partial charge in [-0.25, -0.2) is 16.8 Å². The van der Waals surface area contributed by atoms with Gasteiger partial charge in [-0.15, -0.1) is 0 Å². The predicted molar refractivity (Wildman–Crippen MR) is 116 cm³/mol. The normalized spacial score (nSPS) is 17.7. The Kier molecular flexibility index (Phi) is 6.16. The lowest BCUT2D eigenvalue weighted by Gasteiger charge is -2.22. The minimum atomic E-state index is -3.94. The maximum Gasteiger partial charge on any atom is 0.243 e. The Morgan fingerprint density at radius 1 is 0.903 bits per heavy atom. The molecule has 1 amide bonds. The molecule has 0 aromatic heterocycles. The van der Waals surface area contributed by atoms with E-state index in [-0.39, 0.29) is 22.4 Å². The van der Waals surface area contributed by atoms with Gasteiger partial charge in [0, 0.05) is 24.8 Å². The van der Waals surface area contributed by atoms with E-state index in [0.717, 1.165) is 12.8 Å². The summed E-state index contributed by atoms with van der Waals surface area (Å²) in [7, 11) is -7.56. The zero-order chi connectivity index (χ0) is 22.1. The van der Waals surface area contributed by atoms with Crippen LogP contribution in [0, 0.1) is 0 Å². The molecule has 2 aliphatic rings. The Hall–Kier alpha value is -2.27. The maximum atomic E-state index is 13.2. The third-order valence-corrected chi connectivity index (χ3v) is 9.27. The molecule has 10 heteroatoms. The maximum absolute atomic E-state index is 13.2. The number of nitrogens with one attached hydrogen (secondary N) is 1. The molecule has 0 unspecified atom stereocenters. The fourth-order valence-corrected chi connectivity index (χ4v) is 6.79. The van der Waals surface area contributed by atoms with Crippen molar-refractivity contribution in [1.82, 2.24) is 8.61 Å². The zero-order valence-electron chi connectivity index (χ0n) is 17.0. The van der Waals surface area contributed by atoms with Gasteiger partial charge in [-0.3, -0.25) is 4.79 Å². The molecule has 4 rings (SSSR count). The van der Waals surface area contributed by atoms with Gasteiger partial charge in [0.15, 0.2) is 0 Å².